The minimum atomic E-state index is -4.03. The lowest BCUT2D eigenvalue weighted by molar-refractivity contribution is -0.790. The summed E-state index contributed by atoms with van der Waals surface area (Å²) in [5.74, 6) is -0.330. The fourth-order valence-electron chi connectivity index (χ4n) is 3.32. The fourth-order valence-corrected chi connectivity index (χ4v) is 5.57. The van der Waals surface area contributed by atoms with Gasteiger partial charge in [0.05, 0.1) is 29.0 Å². The van der Waals surface area contributed by atoms with Gasteiger partial charge in [0.1, 0.15) is 0 Å². The highest BCUT2D eigenvalue weighted by molar-refractivity contribution is 7.91. The maximum absolute atomic E-state index is 13.3. The highest BCUT2D eigenvalue weighted by Crippen LogP contribution is 2.26. The van der Waals surface area contributed by atoms with Crippen LogP contribution in [0.2, 0.25) is 0 Å². The Kier molecular flexibility index (Phi) is 4.71. The SMILES string of the molecule is CS(=O)(=O)N1CCN([n+]2noc(N)c2S(=O)(=O)c2ccc3ccccc3c2)CC1. The summed E-state index contributed by atoms with van der Waals surface area (Å²) in [6.07, 6.45) is 1.14. The summed E-state index contributed by atoms with van der Waals surface area (Å²) in [6, 6.07) is 12.2. The molecule has 1 aliphatic heterocycles. The number of hydrogen-bond donors (Lipinski definition) is 1. The van der Waals surface area contributed by atoms with E-state index in [1.54, 1.807) is 17.1 Å². The van der Waals surface area contributed by atoms with Crippen molar-refractivity contribution in [2.75, 3.05) is 43.2 Å². The number of benzene rings is 2. The van der Waals surface area contributed by atoms with Crippen LogP contribution in [-0.4, -0.2) is 58.8 Å². The molecule has 29 heavy (non-hydrogen) atoms. The summed E-state index contributed by atoms with van der Waals surface area (Å²) in [4.78, 5) is 1.18. The second-order valence-corrected chi connectivity index (χ2v) is 10.6. The maximum Gasteiger partial charge on any atom is 0.425 e. The Hall–Kier alpha value is -2.70. The van der Waals surface area contributed by atoms with Crippen molar-refractivity contribution in [3.05, 3.63) is 42.5 Å². The van der Waals surface area contributed by atoms with Gasteiger partial charge in [0, 0.05) is 13.1 Å². The lowest BCUT2D eigenvalue weighted by Crippen LogP contribution is -2.67. The van der Waals surface area contributed by atoms with Crippen molar-refractivity contribution < 1.29 is 26.1 Å². The number of sulfone groups is 1. The van der Waals surface area contributed by atoms with Gasteiger partial charge in [-0.15, -0.1) is 5.01 Å². The van der Waals surface area contributed by atoms with Crippen molar-refractivity contribution >= 4 is 36.5 Å². The van der Waals surface area contributed by atoms with Gasteiger partial charge < -0.3 is 5.73 Å². The molecule has 0 unspecified atom stereocenters. The molecule has 2 heterocycles. The molecule has 1 saturated heterocycles. The van der Waals surface area contributed by atoms with E-state index in [0.29, 0.717) is 0 Å². The summed E-state index contributed by atoms with van der Waals surface area (Å²) in [6.45, 7) is 0.885. The molecule has 0 spiro atoms. The Morgan fingerprint density at radius 3 is 2.31 bits per heavy atom. The van der Waals surface area contributed by atoms with Crippen molar-refractivity contribution in [1.82, 2.24) is 9.58 Å². The summed E-state index contributed by atoms with van der Waals surface area (Å²) in [5, 5.41) is 6.78. The van der Waals surface area contributed by atoms with Crippen molar-refractivity contribution in [2.24, 2.45) is 0 Å². The van der Waals surface area contributed by atoms with E-state index in [1.807, 2.05) is 24.3 Å². The molecule has 2 N–H and O–H groups in total. The molecule has 10 nitrogen and oxygen atoms in total. The molecule has 154 valence electrons. The quantitative estimate of drug-likeness (QED) is 0.552. The number of hydrogen-bond acceptors (Lipinski definition) is 8. The van der Waals surface area contributed by atoms with E-state index in [0.717, 1.165) is 21.8 Å². The van der Waals surface area contributed by atoms with Gasteiger partial charge in [-0.05, 0) is 22.9 Å². The lowest BCUT2D eigenvalue weighted by Gasteiger charge is -2.28. The number of nitrogens with zero attached hydrogens (tertiary/aromatic N) is 4. The van der Waals surface area contributed by atoms with Crippen LogP contribution in [-0.2, 0) is 19.9 Å². The number of rotatable bonds is 4. The Morgan fingerprint density at radius 2 is 1.66 bits per heavy atom. The van der Waals surface area contributed by atoms with Crippen LogP contribution in [0.3, 0.4) is 0 Å². The molecular weight excluding hydrogens is 418 g/mol. The summed E-state index contributed by atoms with van der Waals surface area (Å²) in [5.41, 5.74) is 5.82. The molecular formula is C17H20N5O5S2+. The third kappa shape index (κ3) is 3.54. The zero-order valence-corrected chi connectivity index (χ0v) is 17.2. The van der Waals surface area contributed by atoms with Crippen LogP contribution in [0.25, 0.3) is 10.8 Å². The standard InChI is InChI=1S/C17H20N5O5S2/c1-28(23,24)21-10-8-20(9-11-21)22-17(16(18)27-19-22)29(25,26)15-7-6-13-4-2-3-5-14(13)12-15/h2-7,12H,8-11,18H2,1H3/q+1. The van der Waals surface area contributed by atoms with Crippen LogP contribution in [0.5, 0.6) is 0 Å². The van der Waals surface area contributed by atoms with Crippen LogP contribution < -0.4 is 15.5 Å². The Balaban J connectivity index is 1.71. The summed E-state index contributed by atoms with van der Waals surface area (Å²) in [7, 11) is -7.35. The van der Waals surface area contributed by atoms with E-state index in [4.69, 9.17) is 10.3 Å². The number of nitrogens with two attached hydrogens (primary N) is 1. The average Bonchev–Trinajstić information content (AvgIpc) is 3.09. The first-order valence-electron chi connectivity index (χ1n) is 8.80. The van der Waals surface area contributed by atoms with E-state index >= 15 is 0 Å². The number of sulfonamides is 1. The van der Waals surface area contributed by atoms with E-state index in [2.05, 4.69) is 5.27 Å². The van der Waals surface area contributed by atoms with Crippen molar-refractivity contribution in [3.8, 4) is 0 Å². The van der Waals surface area contributed by atoms with Gasteiger partial charge in [-0.2, -0.15) is 4.31 Å². The maximum atomic E-state index is 13.3. The number of aromatic nitrogens is 2. The van der Waals surface area contributed by atoms with Gasteiger partial charge in [-0.3, -0.25) is 4.52 Å². The predicted molar refractivity (Wildman–Crippen MR) is 105 cm³/mol. The highest BCUT2D eigenvalue weighted by Gasteiger charge is 2.42. The smallest absolute Gasteiger partial charge is 0.361 e. The first-order valence-corrected chi connectivity index (χ1v) is 12.1. The first-order chi connectivity index (χ1) is 13.7. The second kappa shape index (κ2) is 6.97. The second-order valence-electron chi connectivity index (χ2n) is 6.76. The molecule has 0 bridgehead atoms. The van der Waals surface area contributed by atoms with Crippen LogP contribution in [0.1, 0.15) is 0 Å². The molecule has 1 aromatic heterocycles. The molecule has 0 amide bonds. The predicted octanol–water partition coefficient (Wildman–Crippen LogP) is -0.256. The third-order valence-electron chi connectivity index (χ3n) is 4.85. The lowest BCUT2D eigenvalue weighted by atomic mass is 10.1. The summed E-state index contributed by atoms with van der Waals surface area (Å²) >= 11 is 0. The zero-order valence-electron chi connectivity index (χ0n) is 15.6. The number of nitrogen functional groups attached to an aromatic ring is 1. The monoisotopic (exact) mass is 438 g/mol. The van der Waals surface area contributed by atoms with Gasteiger partial charge in [-0.1, -0.05) is 30.3 Å². The third-order valence-corrected chi connectivity index (χ3v) is 7.90. The number of piperazine rings is 1. The van der Waals surface area contributed by atoms with E-state index in [-0.39, 0.29) is 42.0 Å². The van der Waals surface area contributed by atoms with Crippen LogP contribution >= 0.6 is 0 Å². The Morgan fingerprint density at radius 1 is 1.00 bits per heavy atom. The number of fused-ring (bicyclic) bond motifs is 1. The van der Waals surface area contributed by atoms with Gasteiger partial charge in [0.25, 0.3) is 9.84 Å². The van der Waals surface area contributed by atoms with Gasteiger partial charge >= 0.3 is 10.9 Å². The highest BCUT2D eigenvalue weighted by atomic mass is 32.2. The summed E-state index contributed by atoms with van der Waals surface area (Å²) < 4.78 is 56.3. The molecule has 0 atom stereocenters. The molecule has 0 saturated carbocycles. The minimum absolute atomic E-state index is 0.0645. The van der Waals surface area contributed by atoms with Crippen LogP contribution in [0.4, 0.5) is 5.88 Å². The van der Waals surface area contributed by atoms with Gasteiger partial charge in [0.15, 0.2) is 0 Å². The van der Waals surface area contributed by atoms with Crippen LogP contribution in [0, 0.1) is 0 Å². The molecule has 0 aliphatic carbocycles. The molecule has 12 heteroatoms. The average molecular weight is 439 g/mol. The normalized spacial score (nSPS) is 16.4. The zero-order chi connectivity index (χ0) is 20.8. The Bertz CT molecular complexity index is 1280. The first kappa shape index (κ1) is 19.6. The fraction of sp³-hybridized carbons (Fsp3) is 0.294. The Labute approximate surface area is 168 Å². The van der Waals surface area contributed by atoms with Crippen LogP contribution in [0.15, 0.2) is 56.9 Å². The topological polar surface area (TPSA) is 131 Å². The molecule has 3 aromatic rings. The molecule has 1 fully saturated rings. The van der Waals surface area contributed by atoms with Crippen molar-refractivity contribution in [1.29, 1.82) is 0 Å². The molecule has 4 rings (SSSR count). The van der Waals surface area contributed by atoms with Gasteiger partial charge in [-0.25, -0.2) is 16.8 Å². The minimum Gasteiger partial charge on any atom is -0.361 e. The molecule has 2 aromatic carbocycles. The van der Waals surface area contributed by atoms with E-state index in [9.17, 15) is 16.8 Å². The van der Waals surface area contributed by atoms with Crippen molar-refractivity contribution in [3.63, 3.8) is 0 Å². The largest absolute Gasteiger partial charge is 0.425 e. The van der Waals surface area contributed by atoms with Crippen molar-refractivity contribution in [2.45, 2.75) is 9.92 Å². The number of anilines is 1. The van der Waals surface area contributed by atoms with E-state index < -0.39 is 19.9 Å². The van der Waals surface area contributed by atoms with E-state index in [1.165, 1.54) is 10.4 Å². The molecule has 1 aliphatic rings. The van der Waals surface area contributed by atoms with Gasteiger partial charge in [0.2, 0.25) is 15.3 Å². The molecule has 0 radical (unpaired) electrons.